The van der Waals surface area contributed by atoms with Crippen LogP contribution < -0.4 is 5.32 Å². The van der Waals surface area contributed by atoms with Crippen LogP contribution in [0.15, 0.2) is 42.5 Å². The zero-order valence-electron chi connectivity index (χ0n) is 14.3. The van der Waals surface area contributed by atoms with Crippen LogP contribution >= 0.6 is 23.2 Å². The molecule has 5 heteroatoms. The first-order valence-corrected chi connectivity index (χ1v) is 9.29. The largest absolute Gasteiger partial charge is 0.348 e. The average Bonchev–Trinajstić information content (AvgIpc) is 2.59. The van der Waals surface area contributed by atoms with Gasteiger partial charge in [-0.2, -0.15) is 0 Å². The highest BCUT2D eigenvalue weighted by Crippen LogP contribution is 2.29. The third-order valence-corrected chi connectivity index (χ3v) is 5.45. The fourth-order valence-corrected chi connectivity index (χ4v) is 3.79. The average molecular weight is 377 g/mol. The van der Waals surface area contributed by atoms with E-state index in [-0.39, 0.29) is 11.9 Å². The van der Waals surface area contributed by atoms with E-state index >= 15 is 0 Å². The molecule has 0 aliphatic heterocycles. The Kier molecular flexibility index (Phi) is 6.00. The lowest BCUT2D eigenvalue weighted by atomic mass is 9.88. The zero-order valence-corrected chi connectivity index (χ0v) is 15.8. The second kappa shape index (κ2) is 8.22. The van der Waals surface area contributed by atoms with Gasteiger partial charge >= 0.3 is 0 Å². The highest BCUT2D eigenvalue weighted by Gasteiger charge is 2.21. The lowest BCUT2D eigenvalue weighted by molar-refractivity contribution is -0.122. The summed E-state index contributed by atoms with van der Waals surface area (Å²) in [5.41, 5.74) is 3.52. The lowest BCUT2D eigenvalue weighted by Crippen LogP contribution is -2.38. The molecule has 25 heavy (non-hydrogen) atoms. The summed E-state index contributed by atoms with van der Waals surface area (Å²) in [4.78, 5) is 14.4. The maximum Gasteiger partial charge on any atom is 0.234 e. The summed E-state index contributed by atoms with van der Waals surface area (Å²) in [5, 5.41) is 4.27. The topological polar surface area (TPSA) is 32.3 Å². The number of rotatable bonds is 5. The van der Waals surface area contributed by atoms with E-state index in [0.29, 0.717) is 23.1 Å². The molecule has 3 nitrogen and oxygen atoms in total. The highest BCUT2D eigenvalue weighted by molar-refractivity contribution is 6.42. The van der Waals surface area contributed by atoms with Gasteiger partial charge in [0.1, 0.15) is 0 Å². The Hall–Kier alpha value is -1.55. The number of fused-ring (bicyclic) bond motifs is 1. The quantitative estimate of drug-likeness (QED) is 0.825. The van der Waals surface area contributed by atoms with Crippen molar-refractivity contribution in [3.63, 3.8) is 0 Å². The van der Waals surface area contributed by atoms with Crippen molar-refractivity contribution >= 4 is 29.1 Å². The van der Waals surface area contributed by atoms with E-state index in [1.54, 1.807) is 6.07 Å². The summed E-state index contributed by atoms with van der Waals surface area (Å²) in [7, 11) is 1.91. The monoisotopic (exact) mass is 376 g/mol. The van der Waals surface area contributed by atoms with Crippen LogP contribution in [-0.2, 0) is 17.8 Å². The molecule has 0 aromatic heterocycles. The molecule has 0 saturated heterocycles. The zero-order chi connectivity index (χ0) is 17.8. The molecule has 0 spiro atoms. The Morgan fingerprint density at radius 2 is 2.00 bits per heavy atom. The molecule has 0 saturated carbocycles. The van der Waals surface area contributed by atoms with Gasteiger partial charge in [-0.15, -0.1) is 0 Å². The number of benzene rings is 2. The van der Waals surface area contributed by atoms with Crippen LogP contribution in [-0.4, -0.2) is 24.4 Å². The Bertz CT molecular complexity index is 763. The molecular weight excluding hydrogens is 355 g/mol. The molecule has 0 heterocycles. The van der Waals surface area contributed by atoms with Gasteiger partial charge in [-0.1, -0.05) is 59.6 Å². The van der Waals surface area contributed by atoms with Crippen LogP contribution in [0, 0.1) is 0 Å². The number of amides is 1. The van der Waals surface area contributed by atoms with Crippen LogP contribution in [0.3, 0.4) is 0 Å². The van der Waals surface area contributed by atoms with Gasteiger partial charge in [0.25, 0.3) is 0 Å². The second-order valence-electron chi connectivity index (χ2n) is 6.60. The number of aryl methyl sites for hydroxylation is 1. The molecule has 1 aliphatic carbocycles. The van der Waals surface area contributed by atoms with E-state index in [0.717, 1.165) is 24.8 Å². The number of nitrogens with zero attached hydrogens (tertiary/aromatic N) is 1. The van der Waals surface area contributed by atoms with Gasteiger partial charge < -0.3 is 5.32 Å². The van der Waals surface area contributed by atoms with Crippen LogP contribution in [0.1, 0.15) is 35.6 Å². The Morgan fingerprint density at radius 3 is 2.84 bits per heavy atom. The molecule has 3 rings (SSSR count). The Morgan fingerprint density at radius 1 is 1.20 bits per heavy atom. The van der Waals surface area contributed by atoms with Crippen LogP contribution in [0.25, 0.3) is 0 Å². The SMILES string of the molecule is CN(CC(=O)N[C@H]1CCCc2ccccc21)Cc1cccc(Cl)c1Cl. The summed E-state index contributed by atoms with van der Waals surface area (Å²) in [6, 6.07) is 14.1. The van der Waals surface area contributed by atoms with E-state index in [1.165, 1.54) is 11.1 Å². The molecule has 2 aromatic rings. The first-order chi connectivity index (χ1) is 12.0. The predicted molar refractivity (Wildman–Crippen MR) is 103 cm³/mol. The molecule has 0 unspecified atom stereocenters. The van der Waals surface area contributed by atoms with Crippen molar-refractivity contribution in [3.8, 4) is 0 Å². The third kappa shape index (κ3) is 4.55. The fourth-order valence-electron chi connectivity index (χ4n) is 3.41. The number of likely N-dealkylation sites (N-methyl/N-ethyl adjacent to an activating group) is 1. The van der Waals surface area contributed by atoms with Gasteiger partial charge in [-0.3, -0.25) is 9.69 Å². The number of carbonyl (C=O) groups excluding carboxylic acids is 1. The minimum absolute atomic E-state index is 0.0300. The van der Waals surface area contributed by atoms with Crippen molar-refractivity contribution in [1.82, 2.24) is 10.2 Å². The molecule has 1 amide bonds. The molecule has 1 aliphatic rings. The van der Waals surface area contributed by atoms with E-state index < -0.39 is 0 Å². The van der Waals surface area contributed by atoms with Crippen molar-refractivity contribution in [2.75, 3.05) is 13.6 Å². The number of carbonyl (C=O) groups is 1. The van der Waals surface area contributed by atoms with Crippen molar-refractivity contribution in [1.29, 1.82) is 0 Å². The van der Waals surface area contributed by atoms with Crippen LogP contribution in [0.2, 0.25) is 10.0 Å². The molecule has 132 valence electrons. The van der Waals surface area contributed by atoms with E-state index in [4.69, 9.17) is 23.2 Å². The van der Waals surface area contributed by atoms with Gasteiger partial charge in [0.05, 0.1) is 22.6 Å². The predicted octanol–water partition coefficient (Wildman–Crippen LogP) is 4.62. The van der Waals surface area contributed by atoms with Gasteiger partial charge in [-0.25, -0.2) is 0 Å². The Labute approximate surface area is 158 Å². The number of nitrogens with one attached hydrogen (secondary N) is 1. The molecular formula is C20H22Cl2N2O. The minimum atomic E-state index is 0.0300. The normalized spacial score (nSPS) is 16.6. The van der Waals surface area contributed by atoms with E-state index in [2.05, 4.69) is 23.5 Å². The summed E-state index contributed by atoms with van der Waals surface area (Å²) < 4.78 is 0. The summed E-state index contributed by atoms with van der Waals surface area (Å²) in [5.74, 6) is 0.0300. The fraction of sp³-hybridized carbons (Fsp3) is 0.350. The van der Waals surface area contributed by atoms with Gasteiger partial charge in [0, 0.05) is 6.54 Å². The maximum absolute atomic E-state index is 12.5. The van der Waals surface area contributed by atoms with Gasteiger partial charge in [-0.05, 0) is 49.1 Å². The molecule has 0 bridgehead atoms. The van der Waals surface area contributed by atoms with Crippen LogP contribution in [0.4, 0.5) is 0 Å². The minimum Gasteiger partial charge on any atom is -0.348 e. The van der Waals surface area contributed by atoms with E-state index in [1.807, 2.05) is 30.1 Å². The van der Waals surface area contributed by atoms with Gasteiger partial charge in [0.2, 0.25) is 5.91 Å². The first-order valence-electron chi connectivity index (χ1n) is 8.53. The van der Waals surface area contributed by atoms with Gasteiger partial charge in [0.15, 0.2) is 0 Å². The standard InChI is InChI=1S/C20H22Cl2N2O/c1-24(12-15-8-4-10-17(21)20(15)22)13-19(25)23-18-11-5-7-14-6-2-3-9-16(14)18/h2-4,6,8-10,18H,5,7,11-13H2,1H3,(H,23,25)/t18-/m0/s1. The highest BCUT2D eigenvalue weighted by atomic mass is 35.5. The molecule has 2 aromatic carbocycles. The lowest BCUT2D eigenvalue weighted by Gasteiger charge is -2.27. The Balaban J connectivity index is 1.59. The maximum atomic E-state index is 12.5. The van der Waals surface area contributed by atoms with E-state index in [9.17, 15) is 4.79 Å². The number of hydrogen-bond donors (Lipinski definition) is 1. The third-order valence-electron chi connectivity index (χ3n) is 4.59. The summed E-state index contributed by atoms with van der Waals surface area (Å²) in [6.45, 7) is 0.898. The molecule has 0 fully saturated rings. The molecule has 0 radical (unpaired) electrons. The summed E-state index contributed by atoms with van der Waals surface area (Å²) >= 11 is 12.3. The second-order valence-corrected chi connectivity index (χ2v) is 7.38. The summed E-state index contributed by atoms with van der Waals surface area (Å²) in [6.07, 6.45) is 3.19. The number of halogens is 2. The van der Waals surface area contributed by atoms with Crippen LogP contribution in [0.5, 0.6) is 0 Å². The number of hydrogen-bond acceptors (Lipinski definition) is 2. The van der Waals surface area contributed by atoms with Crippen molar-refractivity contribution < 1.29 is 4.79 Å². The smallest absolute Gasteiger partial charge is 0.234 e. The van der Waals surface area contributed by atoms with Crippen molar-refractivity contribution in [2.45, 2.75) is 31.8 Å². The molecule has 1 atom stereocenters. The molecule has 1 N–H and O–H groups in total. The first kappa shape index (κ1) is 18.2. The van der Waals surface area contributed by atoms with Crippen molar-refractivity contribution in [3.05, 3.63) is 69.2 Å². The van der Waals surface area contributed by atoms with Crippen molar-refractivity contribution in [2.24, 2.45) is 0 Å².